The van der Waals surface area contributed by atoms with Gasteiger partial charge in [-0.2, -0.15) is 0 Å². The van der Waals surface area contributed by atoms with E-state index < -0.39 is 0 Å². The maximum absolute atomic E-state index is 11.9. The summed E-state index contributed by atoms with van der Waals surface area (Å²) in [5.41, 5.74) is 7.94. The third-order valence-corrected chi connectivity index (χ3v) is 3.78. The van der Waals surface area contributed by atoms with Crippen molar-refractivity contribution in [3.8, 4) is 0 Å². The Kier molecular flexibility index (Phi) is 4.24. The lowest BCUT2D eigenvalue weighted by Crippen LogP contribution is -2.55. The number of carbonyl (C=O) groups excluding carboxylic acids is 1. The molecule has 0 aromatic heterocycles. The highest BCUT2D eigenvalue weighted by molar-refractivity contribution is 9.10. The maximum Gasteiger partial charge on any atom is 0.242 e. The van der Waals surface area contributed by atoms with Crippen LogP contribution < -0.4 is 16.0 Å². The van der Waals surface area contributed by atoms with Gasteiger partial charge in [0.2, 0.25) is 5.91 Å². The van der Waals surface area contributed by atoms with Gasteiger partial charge in [0.25, 0.3) is 0 Å². The largest absolute Gasteiger partial charge is 0.357 e. The minimum Gasteiger partial charge on any atom is -0.357 e. The molecule has 1 aliphatic rings. The Morgan fingerprint density at radius 3 is 3.00 bits per heavy atom. The number of hydrogen-bond donors (Lipinski definition) is 2. The van der Waals surface area contributed by atoms with Crippen LogP contribution in [0.5, 0.6) is 0 Å². The average molecular weight is 312 g/mol. The molecule has 4 nitrogen and oxygen atoms in total. The SMILES string of the molecule is CCC1C(=O)NCCN1c1ccc(Br)cc1CN. The molecule has 1 unspecified atom stereocenters. The van der Waals surface area contributed by atoms with E-state index in [2.05, 4.69) is 26.1 Å². The molecular weight excluding hydrogens is 294 g/mol. The second-order valence-corrected chi connectivity index (χ2v) is 5.30. The Balaban J connectivity index is 2.37. The summed E-state index contributed by atoms with van der Waals surface area (Å²) >= 11 is 3.45. The van der Waals surface area contributed by atoms with E-state index in [4.69, 9.17) is 5.73 Å². The number of amides is 1. The van der Waals surface area contributed by atoms with Crippen molar-refractivity contribution in [2.45, 2.75) is 25.9 Å². The van der Waals surface area contributed by atoms with Crippen molar-refractivity contribution < 1.29 is 4.79 Å². The van der Waals surface area contributed by atoms with E-state index in [1.807, 2.05) is 25.1 Å². The number of rotatable bonds is 3. The second-order valence-electron chi connectivity index (χ2n) is 4.39. The molecule has 98 valence electrons. The highest BCUT2D eigenvalue weighted by Gasteiger charge is 2.29. The first-order valence-electron chi connectivity index (χ1n) is 6.20. The van der Waals surface area contributed by atoms with E-state index in [1.165, 1.54) is 0 Å². The first-order chi connectivity index (χ1) is 8.67. The zero-order chi connectivity index (χ0) is 13.1. The van der Waals surface area contributed by atoms with E-state index in [-0.39, 0.29) is 11.9 Å². The Hall–Kier alpha value is -1.07. The molecule has 1 saturated heterocycles. The maximum atomic E-state index is 11.9. The van der Waals surface area contributed by atoms with Crippen molar-refractivity contribution in [2.24, 2.45) is 5.73 Å². The lowest BCUT2D eigenvalue weighted by molar-refractivity contribution is -0.123. The highest BCUT2D eigenvalue weighted by Crippen LogP contribution is 2.27. The van der Waals surface area contributed by atoms with Crippen molar-refractivity contribution in [3.63, 3.8) is 0 Å². The quantitative estimate of drug-likeness (QED) is 0.892. The topological polar surface area (TPSA) is 58.4 Å². The van der Waals surface area contributed by atoms with Gasteiger partial charge in [-0.25, -0.2) is 0 Å². The van der Waals surface area contributed by atoms with E-state index in [0.717, 1.165) is 28.7 Å². The lowest BCUT2D eigenvalue weighted by Gasteiger charge is -2.37. The Morgan fingerprint density at radius 1 is 1.56 bits per heavy atom. The van der Waals surface area contributed by atoms with Crippen LogP contribution in [0.15, 0.2) is 22.7 Å². The number of nitrogens with zero attached hydrogens (tertiary/aromatic N) is 1. The van der Waals surface area contributed by atoms with Gasteiger partial charge < -0.3 is 16.0 Å². The Labute approximate surface area is 116 Å². The van der Waals surface area contributed by atoms with Gasteiger partial charge in [0, 0.05) is 29.8 Å². The molecule has 0 radical (unpaired) electrons. The lowest BCUT2D eigenvalue weighted by atomic mass is 10.1. The fourth-order valence-corrected chi connectivity index (χ4v) is 2.82. The third kappa shape index (κ3) is 2.52. The fourth-order valence-electron chi connectivity index (χ4n) is 2.41. The number of anilines is 1. The van der Waals surface area contributed by atoms with Crippen LogP contribution in [-0.2, 0) is 11.3 Å². The fraction of sp³-hybridized carbons (Fsp3) is 0.462. The molecule has 1 heterocycles. The summed E-state index contributed by atoms with van der Waals surface area (Å²) in [7, 11) is 0. The van der Waals surface area contributed by atoms with E-state index >= 15 is 0 Å². The monoisotopic (exact) mass is 311 g/mol. The van der Waals surface area contributed by atoms with E-state index in [1.54, 1.807) is 0 Å². The Bertz CT molecular complexity index is 450. The zero-order valence-electron chi connectivity index (χ0n) is 10.4. The summed E-state index contributed by atoms with van der Waals surface area (Å²) in [6.45, 7) is 4.03. The first kappa shape index (κ1) is 13.4. The van der Waals surface area contributed by atoms with Crippen LogP contribution in [-0.4, -0.2) is 25.0 Å². The summed E-state index contributed by atoms with van der Waals surface area (Å²) in [5, 5.41) is 2.91. The predicted octanol–water partition coefficient (Wildman–Crippen LogP) is 1.62. The number of piperazine rings is 1. The summed E-state index contributed by atoms with van der Waals surface area (Å²) in [5.74, 6) is 0.106. The average Bonchev–Trinajstić information content (AvgIpc) is 2.38. The van der Waals surface area contributed by atoms with E-state index in [0.29, 0.717) is 13.1 Å². The van der Waals surface area contributed by atoms with Crippen LogP contribution in [0, 0.1) is 0 Å². The smallest absolute Gasteiger partial charge is 0.242 e. The van der Waals surface area contributed by atoms with Gasteiger partial charge in [-0.05, 0) is 30.2 Å². The summed E-state index contributed by atoms with van der Waals surface area (Å²) in [4.78, 5) is 14.0. The molecular formula is C13H18BrN3O. The summed E-state index contributed by atoms with van der Waals surface area (Å²) in [6, 6.07) is 5.96. The van der Waals surface area contributed by atoms with Crippen LogP contribution in [0.1, 0.15) is 18.9 Å². The standard InChI is InChI=1S/C13H18BrN3O/c1-2-11-13(18)16-5-6-17(11)12-4-3-10(14)7-9(12)8-15/h3-4,7,11H,2,5-6,8,15H2,1H3,(H,16,18). The van der Waals surface area contributed by atoms with Crippen LogP contribution in [0.4, 0.5) is 5.69 Å². The molecule has 1 fully saturated rings. The molecule has 3 N–H and O–H groups in total. The van der Waals surface area contributed by atoms with Gasteiger partial charge >= 0.3 is 0 Å². The molecule has 2 rings (SSSR count). The van der Waals surface area contributed by atoms with E-state index in [9.17, 15) is 4.79 Å². The van der Waals surface area contributed by atoms with Crippen molar-refractivity contribution in [1.29, 1.82) is 0 Å². The molecule has 18 heavy (non-hydrogen) atoms. The van der Waals surface area contributed by atoms with Crippen LogP contribution in [0.2, 0.25) is 0 Å². The summed E-state index contributed by atoms with van der Waals surface area (Å²) < 4.78 is 1.02. The van der Waals surface area contributed by atoms with Gasteiger partial charge in [-0.1, -0.05) is 22.9 Å². The molecule has 0 bridgehead atoms. The van der Waals surface area contributed by atoms with Crippen LogP contribution >= 0.6 is 15.9 Å². The summed E-state index contributed by atoms with van der Waals surface area (Å²) in [6.07, 6.45) is 0.798. The number of benzene rings is 1. The molecule has 1 aromatic rings. The highest BCUT2D eigenvalue weighted by atomic mass is 79.9. The molecule has 0 spiro atoms. The molecule has 1 atom stereocenters. The zero-order valence-corrected chi connectivity index (χ0v) is 12.0. The molecule has 1 aromatic carbocycles. The molecule has 1 aliphatic heterocycles. The van der Waals surface area contributed by atoms with Gasteiger partial charge in [-0.3, -0.25) is 4.79 Å². The Morgan fingerprint density at radius 2 is 2.33 bits per heavy atom. The van der Waals surface area contributed by atoms with Gasteiger partial charge in [0.1, 0.15) is 6.04 Å². The second kappa shape index (κ2) is 5.71. The van der Waals surface area contributed by atoms with Crippen molar-refractivity contribution >= 4 is 27.5 Å². The number of hydrogen-bond acceptors (Lipinski definition) is 3. The minimum atomic E-state index is -0.0924. The molecule has 5 heteroatoms. The predicted molar refractivity (Wildman–Crippen MR) is 76.5 cm³/mol. The van der Waals surface area contributed by atoms with Crippen LogP contribution in [0.25, 0.3) is 0 Å². The molecule has 0 saturated carbocycles. The number of nitrogens with two attached hydrogens (primary N) is 1. The van der Waals surface area contributed by atoms with Crippen molar-refractivity contribution in [1.82, 2.24) is 5.32 Å². The van der Waals surface area contributed by atoms with Gasteiger partial charge in [0.15, 0.2) is 0 Å². The normalized spacial score (nSPS) is 19.8. The first-order valence-corrected chi connectivity index (χ1v) is 6.99. The number of carbonyl (C=O) groups is 1. The van der Waals surface area contributed by atoms with Gasteiger partial charge in [-0.15, -0.1) is 0 Å². The molecule has 0 aliphatic carbocycles. The van der Waals surface area contributed by atoms with Crippen molar-refractivity contribution in [2.75, 3.05) is 18.0 Å². The minimum absolute atomic E-state index is 0.0924. The van der Waals surface area contributed by atoms with Gasteiger partial charge in [0.05, 0.1) is 0 Å². The number of nitrogens with one attached hydrogen (secondary N) is 1. The van der Waals surface area contributed by atoms with Crippen molar-refractivity contribution in [3.05, 3.63) is 28.2 Å². The van der Waals surface area contributed by atoms with Crippen LogP contribution in [0.3, 0.4) is 0 Å². The number of halogens is 1. The molecule has 1 amide bonds. The third-order valence-electron chi connectivity index (χ3n) is 3.29.